The number of aryl methyl sites for hydroxylation is 1. The molecule has 3 N–H and O–H groups in total. The molecule has 2 aromatic carbocycles. The van der Waals surface area contributed by atoms with Crippen LogP contribution < -0.4 is 14.8 Å². The van der Waals surface area contributed by atoms with Gasteiger partial charge in [-0.25, -0.2) is 14.4 Å². The lowest BCUT2D eigenvalue weighted by Crippen LogP contribution is -2.15. The molecule has 0 atom stereocenters. The molecular formula is C23H19ClF2N4O4S2. The van der Waals surface area contributed by atoms with Crippen LogP contribution in [0.25, 0.3) is 11.3 Å². The van der Waals surface area contributed by atoms with Gasteiger partial charge in [-0.15, -0.1) is 0 Å². The average molecular weight is 553 g/mol. The highest BCUT2D eigenvalue weighted by molar-refractivity contribution is 7.92. The second kappa shape index (κ2) is 10.2. The van der Waals surface area contributed by atoms with Crippen LogP contribution >= 0.6 is 22.9 Å². The van der Waals surface area contributed by atoms with Crippen LogP contribution in [0.2, 0.25) is 5.02 Å². The van der Waals surface area contributed by atoms with Crippen molar-refractivity contribution in [1.82, 2.24) is 9.97 Å². The zero-order valence-electron chi connectivity index (χ0n) is 18.8. The Bertz CT molecular complexity index is 1550. The first-order valence-corrected chi connectivity index (χ1v) is 13.0. The number of aromatic hydroxyl groups is 1. The van der Waals surface area contributed by atoms with E-state index in [1.807, 2.05) is 0 Å². The number of nitrogens with zero attached hydrogens (tertiary/aromatic N) is 2. The quantitative estimate of drug-likeness (QED) is 0.262. The molecule has 4 rings (SSSR count). The van der Waals surface area contributed by atoms with Gasteiger partial charge in [-0.05, 0) is 43.3 Å². The number of aromatic nitrogens is 2. The molecule has 2 heterocycles. The molecule has 0 spiro atoms. The summed E-state index contributed by atoms with van der Waals surface area (Å²) in [7, 11) is -2.73. The lowest BCUT2D eigenvalue weighted by molar-refractivity contribution is 0.371. The summed E-state index contributed by atoms with van der Waals surface area (Å²) >= 11 is 6.23. The lowest BCUT2D eigenvalue weighted by Gasteiger charge is -2.13. The highest BCUT2D eigenvalue weighted by atomic mass is 35.5. The molecule has 188 valence electrons. The Labute approximate surface area is 214 Å². The zero-order chi connectivity index (χ0) is 26.0. The van der Waals surface area contributed by atoms with E-state index in [0.717, 1.165) is 6.07 Å². The van der Waals surface area contributed by atoms with E-state index in [4.69, 9.17) is 16.3 Å². The van der Waals surface area contributed by atoms with Crippen LogP contribution in [0.3, 0.4) is 0 Å². The highest BCUT2D eigenvalue weighted by Gasteiger charge is 2.22. The number of phenols is 1. The molecule has 0 amide bonds. The molecule has 0 saturated heterocycles. The number of phenolic OH excluding ortho intramolecular Hbond substituents is 1. The molecule has 0 fully saturated rings. The normalized spacial score (nSPS) is 11.4. The van der Waals surface area contributed by atoms with E-state index in [0.29, 0.717) is 34.0 Å². The van der Waals surface area contributed by atoms with Crippen molar-refractivity contribution in [2.75, 3.05) is 17.1 Å². The van der Waals surface area contributed by atoms with Gasteiger partial charge in [0, 0.05) is 17.7 Å². The summed E-state index contributed by atoms with van der Waals surface area (Å²) in [5.41, 5.74) is 1.55. The first kappa shape index (κ1) is 25.6. The fourth-order valence-electron chi connectivity index (χ4n) is 3.27. The number of nitrogens with one attached hydrogen (secondary N) is 2. The van der Waals surface area contributed by atoms with Crippen LogP contribution in [-0.2, 0) is 16.6 Å². The Kier molecular flexibility index (Phi) is 7.29. The number of para-hydroxylation sites is 1. The van der Waals surface area contributed by atoms with Crippen LogP contribution in [-0.4, -0.2) is 30.6 Å². The van der Waals surface area contributed by atoms with Crippen LogP contribution in [0.15, 0.2) is 53.6 Å². The molecule has 0 unspecified atom stereocenters. The number of halogens is 3. The molecule has 2 aromatic heterocycles. The number of methoxy groups -OCH3 is 1. The molecule has 0 radical (unpaired) electrons. The maximum atomic E-state index is 14.5. The summed E-state index contributed by atoms with van der Waals surface area (Å²) in [6, 6.07) is 11.5. The van der Waals surface area contributed by atoms with Crippen LogP contribution in [0, 0.1) is 17.9 Å². The molecule has 0 aliphatic carbocycles. The SMILES string of the molecule is COc1cccc(CNc2ccc(S(=O)(=O)Nc3nc(-c4ccc(F)c(Cl)c4)c(F)s3)nc2C)c1O. The van der Waals surface area contributed by atoms with Gasteiger partial charge in [0.15, 0.2) is 21.7 Å². The molecular weight excluding hydrogens is 534 g/mol. The van der Waals surface area contributed by atoms with Gasteiger partial charge in [-0.2, -0.15) is 12.8 Å². The Morgan fingerprint density at radius 2 is 1.92 bits per heavy atom. The number of benzene rings is 2. The van der Waals surface area contributed by atoms with E-state index in [-0.39, 0.29) is 38.7 Å². The van der Waals surface area contributed by atoms with Gasteiger partial charge in [-0.3, -0.25) is 4.72 Å². The van der Waals surface area contributed by atoms with Crippen molar-refractivity contribution in [3.05, 3.63) is 75.8 Å². The van der Waals surface area contributed by atoms with Gasteiger partial charge in [0.05, 0.1) is 23.5 Å². The van der Waals surface area contributed by atoms with E-state index >= 15 is 0 Å². The molecule has 0 saturated carbocycles. The van der Waals surface area contributed by atoms with Crippen molar-refractivity contribution in [3.63, 3.8) is 0 Å². The number of hydrogen-bond acceptors (Lipinski definition) is 8. The largest absolute Gasteiger partial charge is 0.504 e. The minimum atomic E-state index is -4.19. The number of sulfonamides is 1. The summed E-state index contributed by atoms with van der Waals surface area (Å²) < 4.78 is 60.9. The first-order chi connectivity index (χ1) is 17.1. The number of hydrogen-bond donors (Lipinski definition) is 3. The topological polar surface area (TPSA) is 113 Å². The van der Waals surface area contributed by atoms with Crippen molar-refractivity contribution < 1.29 is 27.0 Å². The van der Waals surface area contributed by atoms with Crippen molar-refractivity contribution in [2.45, 2.75) is 18.5 Å². The maximum absolute atomic E-state index is 14.5. The first-order valence-electron chi connectivity index (χ1n) is 10.3. The van der Waals surface area contributed by atoms with E-state index in [9.17, 15) is 22.3 Å². The minimum Gasteiger partial charge on any atom is -0.504 e. The second-order valence-corrected chi connectivity index (χ2v) is 10.5. The van der Waals surface area contributed by atoms with Gasteiger partial charge >= 0.3 is 0 Å². The number of rotatable bonds is 8. The van der Waals surface area contributed by atoms with Crippen LogP contribution in [0.5, 0.6) is 11.5 Å². The van der Waals surface area contributed by atoms with Crippen LogP contribution in [0.1, 0.15) is 11.3 Å². The molecule has 4 aromatic rings. The molecule has 0 aliphatic heterocycles. The van der Waals surface area contributed by atoms with Crippen molar-refractivity contribution in [2.24, 2.45) is 0 Å². The zero-order valence-corrected chi connectivity index (χ0v) is 21.2. The van der Waals surface area contributed by atoms with Crippen molar-refractivity contribution in [1.29, 1.82) is 0 Å². The van der Waals surface area contributed by atoms with Crippen molar-refractivity contribution >= 4 is 43.8 Å². The third-order valence-corrected chi connectivity index (χ3v) is 7.53. The van der Waals surface area contributed by atoms with Crippen LogP contribution in [0.4, 0.5) is 19.6 Å². The van der Waals surface area contributed by atoms with Gasteiger partial charge in [-0.1, -0.05) is 35.1 Å². The van der Waals surface area contributed by atoms with Gasteiger partial charge in [0.25, 0.3) is 10.0 Å². The summed E-state index contributed by atoms with van der Waals surface area (Å²) in [5, 5.41) is 11.8. The highest BCUT2D eigenvalue weighted by Crippen LogP contribution is 2.33. The smallest absolute Gasteiger partial charge is 0.281 e. The summed E-state index contributed by atoms with van der Waals surface area (Å²) in [4.78, 5) is 8.13. The van der Waals surface area contributed by atoms with Gasteiger partial charge in [0.2, 0.25) is 5.13 Å². The molecule has 0 aliphatic rings. The summed E-state index contributed by atoms with van der Waals surface area (Å²) in [6.45, 7) is 1.86. The van der Waals surface area contributed by atoms with Crippen molar-refractivity contribution in [3.8, 4) is 22.8 Å². The third kappa shape index (κ3) is 5.35. The van der Waals surface area contributed by atoms with Gasteiger partial charge in [0.1, 0.15) is 11.5 Å². The van der Waals surface area contributed by atoms with E-state index < -0.39 is 21.0 Å². The predicted octanol–water partition coefficient (Wildman–Crippen LogP) is 5.57. The van der Waals surface area contributed by atoms with Gasteiger partial charge < -0.3 is 15.2 Å². The van der Waals surface area contributed by atoms with E-state index in [2.05, 4.69) is 20.0 Å². The molecule has 13 heteroatoms. The fourth-order valence-corrected chi connectivity index (χ4v) is 5.40. The summed E-state index contributed by atoms with van der Waals surface area (Å²) in [5.74, 6) is -0.336. The van der Waals surface area contributed by atoms with E-state index in [1.54, 1.807) is 25.1 Å². The fraction of sp³-hybridized carbons (Fsp3) is 0.130. The number of thiazole rings is 1. The van der Waals surface area contributed by atoms with E-state index in [1.165, 1.54) is 31.4 Å². The monoisotopic (exact) mass is 552 g/mol. The maximum Gasteiger partial charge on any atom is 0.281 e. The molecule has 36 heavy (non-hydrogen) atoms. The molecule has 8 nitrogen and oxygen atoms in total. The summed E-state index contributed by atoms with van der Waals surface area (Å²) in [6.07, 6.45) is 0. The predicted molar refractivity (Wildman–Crippen MR) is 134 cm³/mol. The minimum absolute atomic E-state index is 0.000493. The average Bonchev–Trinajstić information content (AvgIpc) is 3.19. The number of ether oxygens (including phenoxy) is 1. The molecule has 0 bridgehead atoms. The number of pyridine rings is 1. The Balaban J connectivity index is 1.51. The lowest BCUT2D eigenvalue weighted by atomic mass is 10.2. The third-order valence-electron chi connectivity index (χ3n) is 5.11. The Morgan fingerprint density at radius 1 is 1.14 bits per heavy atom. The second-order valence-electron chi connectivity index (χ2n) is 7.48. The standard InChI is InChI=1S/C23H19ClF2N4O4S2/c1-12-17(27-11-14-4-3-5-18(34-2)21(14)31)8-9-19(28-12)36(32,33)30-23-29-20(22(26)35-23)13-6-7-16(25)15(24)10-13/h3-10,27,31H,11H2,1-2H3,(H,29,30). The Hall–Kier alpha value is -3.48. The Morgan fingerprint density at radius 3 is 2.61 bits per heavy atom. The number of anilines is 2.